The standard InChI is InChI=1S/C20H16N4O2/c25-20(23-18-8-4-7-15-12-21-10-9-17(15)18)22-13-16-11-19(24-26-16)14-5-2-1-3-6-14/h1-12H,13H2,(H2,22,23,25). The average Bonchev–Trinajstić information content (AvgIpc) is 3.17. The zero-order chi connectivity index (χ0) is 17.8. The maximum atomic E-state index is 12.2. The summed E-state index contributed by atoms with van der Waals surface area (Å²) in [7, 11) is 0. The van der Waals surface area contributed by atoms with Crippen LogP contribution < -0.4 is 10.6 Å². The van der Waals surface area contributed by atoms with Crippen LogP contribution in [0, 0.1) is 0 Å². The first kappa shape index (κ1) is 15.8. The molecule has 26 heavy (non-hydrogen) atoms. The molecule has 4 aromatic rings. The molecule has 0 bridgehead atoms. The van der Waals surface area contributed by atoms with Gasteiger partial charge in [-0.1, -0.05) is 47.6 Å². The monoisotopic (exact) mass is 344 g/mol. The van der Waals surface area contributed by atoms with Gasteiger partial charge in [0, 0.05) is 34.8 Å². The fourth-order valence-electron chi connectivity index (χ4n) is 2.71. The Morgan fingerprint density at radius 1 is 1.04 bits per heavy atom. The Morgan fingerprint density at radius 2 is 1.92 bits per heavy atom. The summed E-state index contributed by atoms with van der Waals surface area (Å²) >= 11 is 0. The second-order valence-electron chi connectivity index (χ2n) is 5.75. The molecular weight excluding hydrogens is 328 g/mol. The molecule has 2 amide bonds. The molecule has 6 heteroatoms. The van der Waals surface area contributed by atoms with Gasteiger partial charge in [0.15, 0.2) is 5.76 Å². The van der Waals surface area contributed by atoms with Crippen LogP contribution in [-0.2, 0) is 6.54 Å². The summed E-state index contributed by atoms with van der Waals surface area (Å²) in [6, 6.07) is 18.8. The van der Waals surface area contributed by atoms with Crippen LogP contribution in [0.2, 0.25) is 0 Å². The number of nitrogens with zero attached hydrogens (tertiary/aromatic N) is 2. The van der Waals surface area contributed by atoms with E-state index < -0.39 is 0 Å². The number of carbonyl (C=O) groups excluding carboxylic acids is 1. The number of amides is 2. The molecule has 0 aliphatic rings. The molecule has 0 aliphatic heterocycles. The number of aromatic nitrogens is 2. The summed E-state index contributed by atoms with van der Waals surface area (Å²) in [5, 5.41) is 11.6. The summed E-state index contributed by atoms with van der Waals surface area (Å²) in [6.45, 7) is 0.248. The summed E-state index contributed by atoms with van der Waals surface area (Å²) in [4.78, 5) is 16.3. The van der Waals surface area contributed by atoms with E-state index in [2.05, 4.69) is 20.8 Å². The van der Waals surface area contributed by atoms with E-state index in [1.165, 1.54) is 0 Å². The number of nitrogens with one attached hydrogen (secondary N) is 2. The van der Waals surface area contributed by atoms with Gasteiger partial charge < -0.3 is 15.2 Å². The van der Waals surface area contributed by atoms with Crippen LogP contribution in [0.3, 0.4) is 0 Å². The number of benzene rings is 2. The lowest BCUT2D eigenvalue weighted by Gasteiger charge is -2.09. The van der Waals surface area contributed by atoms with E-state index in [1.54, 1.807) is 12.4 Å². The summed E-state index contributed by atoms with van der Waals surface area (Å²) in [6.07, 6.45) is 3.46. The Labute approximate surface area is 149 Å². The highest BCUT2D eigenvalue weighted by Crippen LogP contribution is 2.22. The average molecular weight is 344 g/mol. The molecule has 0 unspecified atom stereocenters. The van der Waals surface area contributed by atoms with Crippen LogP contribution in [-0.4, -0.2) is 16.2 Å². The van der Waals surface area contributed by atoms with Gasteiger partial charge in [0.2, 0.25) is 0 Å². The molecule has 2 heterocycles. The quantitative estimate of drug-likeness (QED) is 0.581. The van der Waals surface area contributed by atoms with Crippen molar-refractivity contribution in [2.75, 3.05) is 5.32 Å². The lowest BCUT2D eigenvalue weighted by Crippen LogP contribution is -2.28. The highest BCUT2D eigenvalue weighted by Gasteiger charge is 2.09. The van der Waals surface area contributed by atoms with Gasteiger partial charge in [-0.3, -0.25) is 4.98 Å². The smallest absolute Gasteiger partial charge is 0.319 e. The van der Waals surface area contributed by atoms with Gasteiger partial charge in [0.05, 0.1) is 12.2 Å². The lowest BCUT2D eigenvalue weighted by molar-refractivity contribution is 0.250. The molecule has 2 aromatic heterocycles. The molecule has 2 N–H and O–H groups in total. The number of hydrogen-bond acceptors (Lipinski definition) is 4. The Morgan fingerprint density at radius 3 is 2.81 bits per heavy atom. The molecule has 2 aromatic carbocycles. The minimum atomic E-state index is -0.313. The maximum absolute atomic E-state index is 12.2. The van der Waals surface area contributed by atoms with Gasteiger partial charge in [-0.05, 0) is 12.1 Å². The van der Waals surface area contributed by atoms with E-state index in [1.807, 2.05) is 60.7 Å². The molecular formula is C20H16N4O2. The molecule has 0 spiro atoms. The highest BCUT2D eigenvalue weighted by atomic mass is 16.5. The second kappa shape index (κ2) is 7.06. The van der Waals surface area contributed by atoms with E-state index >= 15 is 0 Å². The molecule has 4 rings (SSSR count). The topological polar surface area (TPSA) is 80.0 Å². The normalized spacial score (nSPS) is 10.6. The third-order valence-electron chi connectivity index (χ3n) is 3.98. The van der Waals surface area contributed by atoms with Crippen molar-refractivity contribution in [2.45, 2.75) is 6.54 Å². The Bertz CT molecular complexity index is 1040. The number of hydrogen-bond donors (Lipinski definition) is 2. The third kappa shape index (κ3) is 3.39. The van der Waals surface area contributed by atoms with Crippen molar-refractivity contribution < 1.29 is 9.32 Å². The Kier molecular flexibility index (Phi) is 4.30. The number of carbonyl (C=O) groups is 1. The van der Waals surface area contributed by atoms with Crippen LogP contribution >= 0.6 is 0 Å². The van der Waals surface area contributed by atoms with Crippen LogP contribution in [0.25, 0.3) is 22.0 Å². The van der Waals surface area contributed by atoms with Gasteiger partial charge in [0.1, 0.15) is 5.69 Å². The van der Waals surface area contributed by atoms with Gasteiger partial charge in [-0.15, -0.1) is 0 Å². The molecule has 0 fully saturated rings. The van der Waals surface area contributed by atoms with Crippen molar-refractivity contribution in [3.8, 4) is 11.3 Å². The largest absolute Gasteiger partial charge is 0.359 e. The minimum Gasteiger partial charge on any atom is -0.359 e. The van der Waals surface area contributed by atoms with E-state index in [-0.39, 0.29) is 12.6 Å². The predicted molar refractivity (Wildman–Crippen MR) is 99.5 cm³/mol. The van der Waals surface area contributed by atoms with Crippen molar-refractivity contribution in [1.29, 1.82) is 0 Å². The first-order valence-corrected chi connectivity index (χ1v) is 8.18. The zero-order valence-electron chi connectivity index (χ0n) is 13.8. The Balaban J connectivity index is 1.41. The van der Waals surface area contributed by atoms with Crippen molar-refractivity contribution in [2.24, 2.45) is 0 Å². The summed E-state index contributed by atoms with van der Waals surface area (Å²) in [5.41, 5.74) is 2.44. The van der Waals surface area contributed by atoms with Crippen molar-refractivity contribution >= 4 is 22.5 Å². The zero-order valence-corrected chi connectivity index (χ0v) is 13.8. The second-order valence-corrected chi connectivity index (χ2v) is 5.75. The number of rotatable bonds is 4. The SMILES string of the molecule is O=C(NCc1cc(-c2ccccc2)no1)Nc1cccc2cnccc12. The van der Waals surface area contributed by atoms with Gasteiger partial charge in [-0.2, -0.15) is 0 Å². The first-order chi connectivity index (χ1) is 12.8. The number of anilines is 1. The molecule has 0 saturated heterocycles. The molecule has 128 valence electrons. The van der Waals surface area contributed by atoms with E-state index in [0.717, 1.165) is 27.7 Å². The van der Waals surface area contributed by atoms with Crippen LogP contribution in [0.4, 0.5) is 10.5 Å². The summed E-state index contributed by atoms with van der Waals surface area (Å²) < 4.78 is 5.29. The first-order valence-electron chi connectivity index (χ1n) is 8.18. The predicted octanol–water partition coefficient (Wildman–Crippen LogP) is 4.21. The maximum Gasteiger partial charge on any atom is 0.319 e. The lowest BCUT2D eigenvalue weighted by atomic mass is 10.1. The third-order valence-corrected chi connectivity index (χ3v) is 3.98. The van der Waals surface area contributed by atoms with Crippen LogP contribution in [0.15, 0.2) is 77.6 Å². The summed E-state index contributed by atoms with van der Waals surface area (Å²) in [5.74, 6) is 0.584. The minimum absolute atomic E-state index is 0.248. The van der Waals surface area contributed by atoms with Crippen LogP contribution in [0.1, 0.15) is 5.76 Å². The van der Waals surface area contributed by atoms with Crippen molar-refractivity contribution in [3.05, 3.63) is 78.8 Å². The molecule has 0 atom stereocenters. The van der Waals surface area contributed by atoms with Crippen molar-refractivity contribution in [3.63, 3.8) is 0 Å². The molecule has 0 radical (unpaired) electrons. The van der Waals surface area contributed by atoms with E-state index in [4.69, 9.17) is 4.52 Å². The number of urea groups is 1. The van der Waals surface area contributed by atoms with E-state index in [9.17, 15) is 4.79 Å². The van der Waals surface area contributed by atoms with Gasteiger partial charge in [0.25, 0.3) is 0 Å². The fraction of sp³-hybridized carbons (Fsp3) is 0.0500. The fourth-order valence-corrected chi connectivity index (χ4v) is 2.71. The van der Waals surface area contributed by atoms with E-state index in [0.29, 0.717) is 5.76 Å². The Hall–Kier alpha value is -3.67. The van der Waals surface area contributed by atoms with Crippen molar-refractivity contribution in [1.82, 2.24) is 15.5 Å². The highest BCUT2D eigenvalue weighted by molar-refractivity contribution is 6.01. The molecule has 0 saturated carbocycles. The van der Waals surface area contributed by atoms with Gasteiger partial charge in [-0.25, -0.2) is 4.79 Å². The molecule has 6 nitrogen and oxygen atoms in total. The van der Waals surface area contributed by atoms with Gasteiger partial charge >= 0.3 is 6.03 Å². The molecule has 0 aliphatic carbocycles. The number of fused-ring (bicyclic) bond motifs is 1. The number of pyridine rings is 1. The van der Waals surface area contributed by atoms with Crippen LogP contribution in [0.5, 0.6) is 0 Å².